The Kier molecular flexibility index (Phi) is 6.23. The van der Waals surface area contributed by atoms with Gasteiger partial charge in [-0.15, -0.1) is 0 Å². The van der Waals surface area contributed by atoms with Crippen molar-refractivity contribution in [2.45, 2.75) is 58.2 Å². The van der Waals surface area contributed by atoms with Gasteiger partial charge in [-0.2, -0.15) is 0 Å². The van der Waals surface area contributed by atoms with E-state index in [1.807, 2.05) is 27.7 Å². The summed E-state index contributed by atoms with van der Waals surface area (Å²) >= 11 is 0. The van der Waals surface area contributed by atoms with E-state index in [2.05, 4.69) is 10.2 Å². The van der Waals surface area contributed by atoms with Gasteiger partial charge in [0.1, 0.15) is 0 Å². The quantitative estimate of drug-likeness (QED) is 0.773. The molecule has 0 saturated carbocycles. The Balaban J connectivity index is 2.36. The number of nitrogens with zero attached hydrogens (tertiary/aromatic N) is 1. The molecule has 0 aromatic heterocycles. The van der Waals surface area contributed by atoms with Crippen LogP contribution in [0.5, 0.6) is 0 Å². The lowest BCUT2D eigenvalue weighted by Crippen LogP contribution is -2.53. The molecule has 0 spiro atoms. The molecule has 3 N–H and O–H groups in total. The molecule has 1 aliphatic rings. The van der Waals surface area contributed by atoms with Gasteiger partial charge in [-0.05, 0) is 40.5 Å². The zero-order valence-corrected chi connectivity index (χ0v) is 12.7. The Morgan fingerprint density at radius 3 is 2.47 bits per heavy atom. The van der Waals surface area contributed by atoms with Gasteiger partial charge in [0.15, 0.2) is 0 Å². The normalized spacial score (nSPS) is 20.3. The highest BCUT2D eigenvalue weighted by molar-refractivity contribution is 5.81. The Morgan fingerprint density at radius 2 is 2.00 bits per heavy atom. The van der Waals surface area contributed by atoms with Crippen molar-refractivity contribution >= 4 is 5.91 Å². The van der Waals surface area contributed by atoms with Gasteiger partial charge in [0, 0.05) is 25.2 Å². The highest BCUT2D eigenvalue weighted by Crippen LogP contribution is 2.16. The first-order chi connectivity index (χ1) is 8.83. The molecule has 1 saturated heterocycles. The van der Waals surface area contributed by atoms with Gasteiger partial charge in [0.25, 0.3) is 0 Å². The Morgan fingerprint density at radius 1 is 1.42 bits per heavy atom. The standard InChI is InChI=1S/C14H29N3O2/c1-11(13(18)16-14(2,3)4)17-8-5-12(6-9-17)19-10-7-15/h11-12H,5-10,15H2,1-4H3,(H,16,18). The van der Waals surface area contributed by atoms with E-state index in [0.717, 1.165) is 25.9 Å². The average molecular weight is 271 g/mol. The molecular formula is C14H29N3O2. The first-order valence-electron chi connectivity index (χ1n) is 7.21. The number of carbonyl (C=O) groups is 1. The van der Waals surface area contributed by atoms with Crippen LogP contribution in [0.4, 0.5) is 0 Å². The Labute approximate surface area is 116 Å². The molecule has 1 rings (SSSR count). The van der Waals surface area contributed by atoms with Gasteiger partial charge in [0.2, 0.25) is 5.91 Å². The summed E-state index contributed by atoms with van der Waals surface area (Å²) in [6.07, 6.45) is 2.26. The second-order valence-electron chi connectivity index (χ2n) is 6.31. The molecular weight excluding hydrogens is 242 g/mol. The minimum Gasteiger partial charge on any atom is -0.377 e. The first kappa shape index (κ1) is 16.4. The van der Waals surface area contributed by atoms with Crippen LogP contribution >= 0.6 is 0 Å². The minimum atomic E-state index is -0.173. The van der Waals surface area contributed by atoms with Gasteiger partial charge in [-0.25, -0.2) is 0 Å². The number of rotatable bonds is 5. The molecule has 112 valence electrons. The molecule has 5 heteroatoms. The summed E-state index contributed by atoms with van der Waals surface area (Å²) in [6.45, 7) is 11.0. The number of nitrogens with two attached hydrogens (primary N) is 1. The largest absolute Gasteiger partial charge is 0.377 e. The van der Waals surface area contributed by atoms with Gasteiger partial charge in [0.05, 0.1) is 18.8 Å². The molecule has 0 bridgehead atoms. The molecule has 1 amide bonds. The second kappa shape index (κ2) is 7.22. The molecule has 0 aliphatic carbocycles. The average Bonchev–Trinajstić information content (AvgIpc) is 2.34. The predicted octanol–water partition coefficient (Wildman–Crippen LogP) is 0.729. The second-order valence-corrected chi connectivity index (χ2v) is 6.31. The highest BCUT2D eigenvalue weighted by atomic mass is 16.5. The fourth-order valence-corrected chi connectivity index (χ4v) is 2.30. The van der Waals surface area contributed by atoms with Gasteiger partial charge in [-0.3, -0.25) is 9.69 Å². The SMILES string of the molecule is CC(C(=O)NC(C)(C)C)N1CCC(OCCN)CC1. The predicted molar refractivity (Wildman–Crippen MR) is 77.0 cm³/mol. The fourth-order valence-electron chi connectivity index (χ4n) is 2.30. The van der Waals surface area contributed by atoms with Crippen molar-refractivity contribution in [2.75, 3.05) is 26.2 Å². The van der Waals surface area contributed by atoms with Crippen molar-refractivity contribution in [3.8, 4) is 0 Å². The van der Waals surface area contributed by atoms with Gasteiger partial charge >= 0.3 is 0 Å². The van der Waals surface area contributed by atoms with E-state index >= 15 is 0 Å². The van der Waals surface area contributed by atoms with Crippen LogP contribution in [0.2, 0.25) is 0 Å². The Bertz CT molecular complexity index is 281. The summed E-state index contributed by atoms with van der Waals surface area (Å²) < 4.78 is 5.65. The van der Waals surface area contributed by atoms with Gasteiger partial charge < -0.3 is 15.8 Å². The molecule has 1 aliphatic heterocycles. The Hall–Kier alpha value is -0.650. The molecule has 1 unspecified atom stereocenters. The van der Waals surface area contributed by atoms with Crippen molar-refractivity contribution in [1.82, 2.24) is 10.2 Å². The first-order valence-corrected chi connectivity index (χ1v) is 7.21. The van der Waals surface area contributed by atoms with Crippen LogP contribution in [0.15, 0.2) is 0 Å². The van der Waals surface area contributed by atoms with Crippen molar-refractivity contribution in [3.05, 3.63) is 0 Å². The van der Waals surface area contributed by atoms with E-state index in [1.165, 1.54) is 0 Å². The molecule has 5 nitrogen and oxygen atoms in total. The third-order valence-electron chi connectivity index (χ3n) is 3.37. The molecule has 1 heterocycles. The van der Waals surface area contributed by atoms with Crippen LogP contribution in [0.3, 0.4) is 0 Å². The van der Waals surface area contributed by atoms with E-state index < -0.39 is 0 Å². The third-order valence-corrected chi connectivity index (χ3v) is 3.37. The number of ether oxygens (including phenoxy) is 1. The maximum Gasteiger partial charge on any atom is 0.237 e. The smallest absolute Gasteiger partial charge is 0.237 e. The minimum absolute atomic E-state index is 0.0744. The van der Waals surface area contributed by atoms with Crippen molar-refractivity contribution in [1.29, 1.82) is 0 Å². The molecule has 0 aromatic carbocycles. The number of hydrogen-bond acceptors (Lipinski definition) is 4. The zero-order valence-electron chi connectivity index (χ0n) is 12.7. The van der Waals surface area contributed by atoms with Gasteiger partial charge in [-0.1, -0.05) is 0 Å². The maximum atomic E-state index is 12.1. The molecule has 0 radical (unpaired) electrons. The van der Waals surface area contributed by atoms with E-state index in [9.17, 15) is 4.79 Å². The van der Waals surface area contributed by atoms with E-state index in [-0.39, 0.29) is 17.5 Å². The fraction of sp³-hybridized carbons (Fsp3) is 0.929. The van der Waals surface area contributed by atoms with E-state index in [0.29, 0.717) is 19.3 Å². The van der Waals surface area contributed by atoms with Crippen LogP contribution in [-0.2, 0) is 9.53 Å². The van der Waals surface area contributed by atoms with Crippen LogP contribution in [-0.4, -0.2) is 54.7 Å². The van der Waals surface area contributed by atoms with Crippen LogP contribution in [0, 0.1) is 0 Å². The lowest BCUT2D eigenvalue weighted by molar-refractivity contribution is -0.128. The number of piperidine rings is 1. The van der Waals surface area contributed by atoms with Crippen molar-refractivity contribution < 1.29 is 9.53 Å². The number of nitrogens with one attached hydrogen (secondary N) is 1. The van der Waals surface area contributed by atoms with Crippen LogP contribution < -0.4 is 11.1 Å². The summed E-state index contributed by atoms with van der Waals surface area (Å²) in [5, 5.41) is 3.03. The summed E-state index contributed by atoms with van der Waals surface area (Å²) in [4.78, 5) is 14.3. The molecule has 1 fully saturated rings. The summed E-state index contributed by atoms with van der Waals surface area (Å²) in [5.41, 5.74) is 5.26. The third kappa shape index (κ3) is 5.89. The monoisotopic (exact) mass is 271 g/mol. The molecule has 1 atom stereocenters. The lowest BCUT2D eigenvalue weighted by Gasteiger charge is -2.36. The highest BCUT2D eigenvalue weighted by Gasteiger charge is 2.28. The van der Waals surface area contributed by atoms with Crippen molar-refractivity contribution in [3.63, 3.8) is 0 Å². The van der Waals surface area contributed by atoms with Crippen LogP contribution in [0.25, 0.3) is 0 Å². The van der Waals surface area contributed by atoms with E-state index in [1.54, 1.807) is 0 Å². The van der Waals surface area contributed by atoms with Crippen molar-refractivity contribution in [2.24, 2.45) is 5.73 Å². The van der Waals surface area contributed by atoms with E-state index in [4.69, 9.17) is 10.5 Å². The summed E-state index contributed by atoms with van der Waals surface area (Å²) in [7, 11) is 0. The number of likely N-dealkylation sites (tertiary alicyclic amines) is 1. The number of carbonyl (C=O) groups excluding carboxylic acids is 1. The summed E-state index contributed by atoms with van der Waals surface area (Å²) in [6, 6.07) is -0.0744. The number of amides is 1. The lowest BCUT2D eigenvalue weighted by atomic mass is 10.0. The molecule has 0 aromatic rings. The number of hydrogen-bond donors (Lipinski definition) is 2. The summed E-state index contributed by atoms with van der Waals surface area (Å²) in [5.74, 6) is 0.105. The van der Waals surface area contributed by atoms with Crippen LogP contribution in [0.1, 0.15) is 40.5 Å². The molecule has 19 heavy (non-hydrogen) atoms. The maximum absolute atomic E-state index is 12.1. The topological polar surface area (TPSA) is 67.6 Å². The zero-order chi connectivity index (χ0) is 14.5.